The summed E-state index contributed by atoms with van der Waals surface area (Å²) in [7, 11) is 0. The molecule has 66 valence electrons. The molecular weight excluding hydrogens is 167 g/mol. The van der Waals surface area contributed by atoms with Gasteiger partial charge in [-0.05, 0) is 5.56 Å². The van der Waals surface area contributed by atoms with Gasteiger partial charge >= 0.3 is 0 Å². The second-order valence-electron chi connectivity index (χ2n) is 2.65. The van der Waals surface area contributed by atoms with Crippen LogP contribution in [0.2, 0.25) is 0 Å². The summed E-state index contributed by atoms with van der Waals surface area (Å²) < 4.78 is 11.4. The molecule has 1 aromatic carbocycles. The van der Waals surface area contributed by atoms with Crippen LogP contribution in [0.3, 0.4) is 0 Å². The van der Waals surface area contributed by atoms with Crippen LogP contribution in [0.1, 0.15) is 12.0 Å². The lowest BCUT2D eigenvalue weighted by molar-refractivity contribution is -0.117. The molecule has 0 aromatic heterocycles. The third kappa shape index (κ3) is 3.53. The first-order valence-electron chi connectivity index (χ1n) is 3.97. The summed E-state index contributed by atoms with van der Waals surface area (Å²) in [4.78, 5) is 11.1. The van der Waals surface area contributed by atoms with Crippen molar-refractivity contribution in [3.63, 3.8) is 0 Å². The number of hydrogen-bond donors (Lipinski definition) is 0. The van der Waals surface area contributed by atoms with Gasteiger partial charge in [-0.1, -0.05) is 36.3 Å². The Morgan fingerprint density at radius 1 is 1.31 bits per heavy atom. The molecule has 0 unspecified atom stereocenters. The maximum Gasteiger partial charge on any atom is 0.149 e. The van der Waals surface area contributed by atoms with Crippen LogP contribution in [0.4, 0.5) is 4.39 Å². The van der Waals surface area contributed by atoms with Crippen molar-refractivity contribution < 1.29 is 9.18 Å². The molecule has 2 heteroatoms. The minimum Gasteiger partial charge on any atom is -0.298 e. The SMILES string of the molecule is O=C(CC#CF)Cc1ccccc1. The second kappa shape index (κ2) is 5.10. The molecule has 0 aliphatic rings. The average Bonchev–Trinajstić information content (AvgIpc) is 2.16. The second-order valence-corrected chi connectivity index (χ2v) is 2.65. The van der Waals surface area contributed by atoms with Crippen LogP contribution < -0.4 is 0 Å². The molecule has 0 N–H and O–H groups in total. The fourth-order valence-electron chi connectivity index (χ4n) is 1.02. The predicted octanol–water partition coefficient (Wildman–Crippen LogP) is 2.12. The van der Waals surface area contributed by atoms with Crippen LogP contribution in [-0.4, -0.2) is 5.78 Å². The highest BCUT2D eigenvalue weighted by molar-refractivity contribution is 5.82. The van der Waals surface area contributed by atoms with Crippen molar-refractivity contribution >= 4 is 5.78 Å². The van der Waals surface area contributed by atoms with Gasteiger partial charge in [0.05, 0.1) is 6.42 Å². The highest BCUT2D eigenvalue weighted by Crippen LogP contribution is 2.01. The fourth-order valence-corrected chi connectivity index (χ4v) is 1.02. The first-order chi connectivity index (χ1) is 6.33. The minimum atomic E-state index is -0.0589. The fraction of sp³-hybridized carbons (Fsp3) is 0.182. The van der Waals surface area contributed by atoms with Crippen molar-refractivity contribution in [2.24, 2.45) is 0 Å². The van der Waals surface area contributed by atoms with Crippen molar-refractivity contribution in [2.75, 3.05) is 0 Å². The molecule has 0 aliphatic heterocycles. The molecule has 13 heavy (non-hydrogen) atoms. The highest BCUT2D eigenvalue weighted by Gasteiger charge is 2.00. The molecule has 0 aliphatic carbocycles. The van der Waals surface area contributed by atoms with Crippen molar-refractivity contribution in [3.05, 3.63) is 35.9 Å². The lowest BCUT2D eigenvalue weighted by atomic mass is 10.1. The molecule has 0 amide bonds. The van der Waals surface area contributed by atoms with Gasteiger partial charge in [0.15, 0.2) is 0 Å². The maximum absolute atomic E-state index is 11.4. The molecule has 0 saturated carbocycles. The average molecular weight is 176 g/mol. The van der Waals surface area contributed by atoms with Crippen LogP contribution in [0.5, 0.6) is 0 Å². The van der Waals surface area contributed by atoms with E-state index in [4.69, 9.17) is 0 Å². The molecule has 0 atom stereocenters. The van der Waals surface area contributed by atoms with Gasteiger partial charge < -0.3 is 0 Å². The Bertz CT molecular complexity index is 332. The molecule has 0 heterocycles. The standard InChI is InChI=1S/C11H9FO/c12-8-4-7-11(13)9-10-5-2-1-3-6-10/h1-3,5-6H,7,9H2. The zero-order valence-electron chi connectivity index (χ0n) is 7.09. The first-order valence-corrected chi connectivity index (χ1v) is 3.97. The Kier molecular flexibility index (Phi) is 3.72. The zero-order chi connectivity index (χ0) is 9.52. The molecule has 0 fully saturated rings. The number of ketones is 1. The van der Waals surface area contributed by atoms with Crippen LogP contribution in [0, 0.1) is 12.1 Å². The molecule has 0 bridgehead atoms. The van der Waals surface area contributed by atoms with Gasteiger partial charge in [0, 0.05) is 6.42 Å². The molecule has 1 rings (SSSR count). The number of carbonyl (C=O) groups excluding carboxylic acids is 1. The summed E-state index contributed by atoms with van der Waals surface area (Å²) in [5, 5.41) is 0. The quantitative estimate of drug-likeness (QED) is 0.645. The molecular formula is C11H9FO. The van der Waals surface area contributed by atoms with Gasteiger partial charge in [-0.2, -0.15) is 0 Å². The predicted molar refractivity (Wildman–Crippen MR) is 48.7 cm³/mol. The summed E-state index contributed by atoms with van der Waals surface area (Å²) in [5.74, 6) is 2.04. The van der Waals surface area contributed by atoms with E-state index in [9.17, 15) is 9.18 Å². The Labute approximate surface area is 76.6 Å². The van der Waals surface area contributed by atoms with E-state index < -0.39 is 0 Å². The summed E-state index contributed by atoms with van der Waals surface area (Å²) >= 11 is 0. The number of Topliss-reactive ketones (excluding diaryl/α,β-unsaturated/α-hetero) is 1. The molecule has 1 aromatic rings. The van der Waals surface area contributed by atoms with E-state index in [0.29, 0.717) is 6.42 Å². The van der Waals surface area contributed by atoms with Crippen molar-refractivity contribution in [2.45, 2.75) is 12.8 Å². The normalized spacial score (nSPS) is 8.69. The van der Waals surface area contributed by atoms with Gasteiger partial charge in [-0.3, -0.25) is 4.79 Å². The summed E-state index contributed by atoms with van der Waals surface area (Å²) in [6.07, 6.45) is 1.53. The smallest absolute Gasteiger partial charge is 0.149 e. The third-order valence-electron chi connectivity index (χ3n) is 1.60. The summed E-state index contributed by atoms with van der Waals surface area (Å²) in [5.41, 5.74) is 0.938. The lowest BCUT2D eigenvalue weighted by Crippen LogP contribution is -2.00. The summed E-state index contributed by atoms with van der Waals surface area (Å²) in [6.45, 7) is 0. The molecule has 1 nitrogen and oxygen atoms in total. The third-order valence-corrected chi connectivity index (χ3v) is 1.60. The van der Waals surface area contributed by atoms with Gasteiger partial charge in [-0.15, -0.1) is 4.39 Å². The Morgan fingerprint density at radius 2 is 2.00 bits per heavy atom. The van der Waals surface area contributed by atoms with E-state index in [1.807, 2.05) is 30.3 Å². The Hall–Kier alpha value is -1.62. The van der Waals surface area contributed by atoms with E-state index in [1.165, 1.54) is 6.17 Å². The molecule has 0 saturated heterocycles. The molecule has 0 spiro atoms. The zero-order valence-corrected chi connectivity index (χ0v) is 7.09. The van der Waals surface area contributed by atoms with E-state index in [2.05, 4.69) is 5.92 Å². The Morgan fingerprint density at radius 3 is 2.62 bits per heavy atom. The van der Waals surface area contributed by atoms with Crippen molar-refractivity contribution in [1.82, 2.24) is 0 Å². The number of rotatable bonds is 3. The minimum absolute atomic E-state index is 0.00854. The van der Waals surface area contributed by atoms with Crippen LogP contribution >= 0.6 is 0 Å². The van der Waals surface area contributed by atoms with Gasteiger partial charge in [0.2, 0.25) is 0 Å². The number of benzene rings is 1. The first kappa shape index (κ1) is 9.47. The van der Waals surface area contributed by atoms with Gasteiger partial charge in [0.1, 0.15) is 12.0 Å². The lowest BCUT2D eigenvalue weighted by Gasteiger charge is -1.96. The van der Waals surface area contributed by atoms with Crippen molar-refractivity contribution in [3.8, 4) is 12.1 Å². The number of hydrogen-bond acceptors (Lipinski definition) is 1. The largest absolute Gasteiger partial charge is 0.298 e. The Balaban J connectivity index is 2.49. The highest BCUT2D eigenvalue weighted by atomic mass is 19.1. The van der Waals surface area contributed by atoms with Crippen LogP contribution in [-0.2, 0) is 11.2 Å². The summed E-state index contributed by atoms with van der Waals surface area (Å²) in [6, 6.07) is 9.34. The van der Waals surface area contributed by atoms with Crippen molar-refractivity contribution in [1.29, 1.82) is 0 Å². The van der Waals surface area contributed by atoms with E-state index in [-0.39, 0.29) is 12.2 Å². The molecule has 0 radical (unpaired) electrons. The maximum atomic E-state index is 11.4. The van der Waals surface area contributed by atoms with E-state index in [0.717, 1.165) is 5.56 Å². The monoisotopic (exact) mass is 176 g/mol. The van der Waals surface area contributed by atoms with Crippen LogP contribution in [0.25, 0.3) is 0 Å². The number of halogens is 1. The van der Waals surface area contributed by atoms with E-state index >= 15 is 0 Å². The topological polar surface area (TPSA) is 17.1 Å². The van der Waals surface area contributed by atoms with Crippen LogP contribution in [0.15, 0.2) is 30.3 Å². The van der Waals surface area contributed by atoms with E-state index in [1.54, 1.807) is 0 Å². The van der Waals surface area contributed by atoms with Gasteiger partial charge in [-0.25, -0.2) is 0 Å². The van der Waals surface area contributed by atoms with Gasteiger partial charge in [0.25, 0.3) is 0 Å². The number of carbonyl (C=O) groups is 1.